The highest BCUT2D eigenvalue weighted by atomic mass is 127. The summed E-state index contributed by atoms with van der Waals surface area (Å²) in [6.45, 7) is 0.947. The lowest BCUT2D eigenvalue weighted by Gasteiger charge is -2.57. The highest BCUT2D eigenvalue weighted by Crippen LogP contribution is 2.55. The molecule has 0 saturated heterocycles. The normalized spacial score (nSPS) is 38.4. The summed E-state index contributed by atoms with van der Waals surface area (Å²) in [5.41, 5.74) is 1.72. The first kappa shape index (κ1) is 13.4. The minimum absolute atomic E-state index is 0.393. The summed E-state index contributed by atoms with van der Waals surface area (Å²) >= 11 is 2.20. The topological polar surface area (TPSA) is 32.3 Å². The van der Waals surface area contributed by atoms with Crippen molar-refractivity contribution in [3.8, 4) is 5.75 Å². The maximum atomic E-state index is 9.61. The predicted molar refractivity (Wildman–Crippen MR) is 88.6 cm³/mol. The van der Waals surface area contributed by atoms with Crippen LogP contribution < -0.4 is 5.32 Å². The Balaban J connectivity index is 1.47. The van der Waals surface area contributed by atoms with E-state index in [1.807, 2.05) is 12.1 Å². The van der Waals surface area contributed by atoms with E-state index in [9.17, 15) is 5.11 Å². The second-order valence-corrected chi connectivity index (χ2v) is 8.50. The maximum Gasteiger partial charge on any atom is 0.128 e. The van der Waals surface area contributed by atoms with Crippen LogP contribution in [0.15, 0.2) is 18.2 Å². The maximum absolute atomic E-state index is 9.61. The summed E-state index contributed by atoms with van der Waals surface area (Å²) < 4.78 is 0.951. The van der Waals surface area contributed by atoms with Gasteiger partial charge in [-0.2, -0.15) is 0 Å². The molecule has 4 aliphatic rings. The highest BCUT2D eigenvalue weighted by molar-refractivity contribution is 14.1. The molecule has 4 fully saturated rings. The zero-order valence-corrected chi connectivity index (χ0v) is 13.9. The van der Waals surface area contributed by atoms with E-state index in [1.165, 1.54) is 44.1 Å². The lowest BCUT2D eigenvalue weighted by atomic mass is 9.53. The highest BCUT2D eigenvalue weighted by Gasteiger charge is 2.50. The number of phenols is 1. The number of halogens is 1. The molecule has 108 valence electrons. The van der Waals surface area contributed by atoms with Crippen molar-refractivity contribution in [2.24, 2.45) is 17.8 Å². The fourth-order valence-electron chi connectivity index (χ4n) is 5.28. The van der Waals surface area contributed by atoms with Crippen molar-refractivity contribution in [1.29, 1.82) is 0 Å². The molecule has 4 saturated carbocycles. The van der Waals surface area contributed by atoms with Crippen LogP contribution in [-0.2, 0) is 6.54 Å². The molecule has 0 spiro atoms. The third-order valence-electron chi connectivity index (χ3n) is 5.72. The van der Waals surface area contributed by atoms with Gasteiger partial charge in [-0.05, 0) is 96.6 Å². The molecular weight excluding hydrogens is 361 g/mol. The average Bonchev–Trinajstić information content (AvgIpc) is 2.39. The third kappa shape index (κ3) is 2.37. The Morgan fingerprint density at radius 1 is 1.10 bits per heavy atom. The standard InChI is InChI=1S/C17H22INO/c18-15-6-11(1-2-16(15)20)10-19-17-7-12-3-13(8-17)5-14(4-12)9-17/h1-2,6,12-14,19-20H,3-5,7-10H2. The Hall–Kier alpha value is -0.290. The molecule has 4 aliphatic carbocycles. The fraction of sp³-hybridized carbons (Fsp3) is 0.647. The second-order valence-electron chi connectivity index (χ2n) is 7.34. The summed E-state index contributed by atoms with van der Waals surface area (Å²) in [4.78, 5) is 0. The quantitative estimate of drug-likeness (QED) is 0.772. The first-order chi connectivity index (χ1) is 9.62. The van der Waals surface area contributed by atoms with Crippen LogP contribution in [0.4, 0.5) is 0 Å². The van der Waals surface area contributed by atoms with Gasteiger partial charge in [-0.1, -0.05) is 6.07 Å². The van der Waals surface area contributed by atoms with E-state index in [1.54, 1.807) is 0 Å². The summed E-state index contributed by atoms with van der Waals surface area (Å²) in [5.74, 6) is 3.38. The lowest BCUT2D eigenvalue weighted by molar-refractivity contribution is -0.0206. The molecule has 5 rings (SSSR count). The third-order valence-corrected chi connectivity index (χ3v) is 6.58. The van der Waals surface area contributed by atoms with E-state index in [0.717, 1.165) is 27.9 Å². The van der Waals surface area contributed by atoms with Gasteiger partial charge in [0.05, 0.1) is 3.57 Å². The zero-order chi connectivity index (χ0) is 13.7. The summed E-state index contributed by atoms with van der Waals surface area (Å²) in [5, 5.41) is 13.5. The molecule has 2 N–H and O–H groups in total. The molecule has 0 radical (unpaired) electrons. The van der Waals surface area contributed by atoms with Crippen molar-refractivity contribution >= 4 is 22.6 Å². The number of rotatable bonds is 3. The van der Waals surface area contributed by atoms with Crippen LogP contribution in [0.3, 0.4) is 0 Å². The van der Waals surface area contributed by atoms with Crippen LogP contribution in [0.25, 0.3) is 0 Å². The van der Waals surface area contributed by atoms with Gasteiger partial charge in [0.15, 0.2) is 0 Å². The molecule has 4 bridgehead atoms. The molecule has 0 atom stereocenters. The molecule has 0 aliphatic heterocycles. The van der Waals surface area contributed by atoms with Gasteiger partial charge in [-0.3, -0.25) is 0 Å². The van der Waals surface area contributed by atoms with Crippen LogP contribution in [0.2, 0.25) is 0 Å². The average molecular weight is 383 g/mol. The number of benzene rings is 1. The fourth-order valence-corrected chi connectivity index (χ4v) is 5.86. The molecule has 1 aromatic rings. The number of phenolic OH excluding ortho intramolecular Hbond substituents is 1. The van der Waals surface area contributed by atoms with E-state index >= 15 is 0 Å². The monoisotopic (exact) mass is 383 g/mol. The largest absolute Gasteiger partial charge is 0.507 e. The van der Waals surface area contributed by atoms with E-state index < -0.39 is 0 Å². The zero-order valence-electron chi connectivity index (χ0n) is 11.7. The molecular formula is C17H22INO. The Kier molecular flexibility index (Phi) is 3.26. The van der Waals surface area contributed by atoms with E-state index in [-0.39, 0.29) is 0 Å². The molecule has 1 aromatic carbocycles. The minimum Gasteiger partial charge on any atom is -0.507 e. The molecule has 0 unspecified atom stereocenters. The Morgan fingerprint density at radius 2 is 1.70 bits per heavy atom. The Morgan fingerprint density at radius 3 is 2.25 bits per heavy atom. The van der Waals surface area contributed by atoms with E-state index in [4.69, 9.17) is 0 Å². The van der Waals surface area contributed by atoms with Gasteiger partial charge in [0.1, 0.15) is 5.75 Å². The lowest BCUT2D eigenvalue weighted by Crippen LogP contribution is -2.58. The number of hydrogen-bond acceptors (Lipinski definition) is 2. The molecule has 20 heavy (non-hydrogen) atoms. The van der Waals surface area contributed by atoms with Crippen molar-refractivity contribution in [1.82, 2.24) is 5.32 Å². The Labute approximate surface area is 134 Å². The second kappa shape index (κ2) is 4.87. The SMILES string of the molecule is Oc1ccc(CNC23CC4CC(CC(C4)C2)C3)cc1I. The van der Waals surface area contributed by atoms with Gasteiger partial charge in [0, 0.05) is 12.1 Å². The van der Waals surface area contributed by atoms with Gasteiger partial charge >= 0.3 is 0 Å². The molecule has 0 aromatic heterocycles. The smallest absolute Gasteiger partial charge is 0.128 e. The van der Waals surface area contributed by atoms with Gasteiger partial charge in [0.25, 0.3) is 0 Å². The Bertz CT molecular complexity index is 492. The molecule has 0 heterocycles. The van der Waals surface area contributed by atoms with Crippen molar-refractivity contribution in [2.75, 3.05) is 0 Å². The summed E-state index contributed by atoms with van der Waals surface area (Å²) in [6, 6.07) is 5.97. The van der Waals surface area contributed by atoms with Crippen molar-refractivity contribution in [3.05, 3.63) is 27.3 Å². The van der Waals surface area contributed by atoms with Crippen LogP contribution in [0.1, 0.15) is 44.1 Å². The van der Waals surface area contributed by atoms with Gasteiger partial charge < -0.3 is 10.4 Å². The molecule has 0 amide bonds. The van der Waals surface area contributed by atoms with Crippen LogP contribution >= 0.6 is 22.6 Å². The first-order valence-electron chi connectivity index (χ1n) is 7.84. The number of aromatic hydroxyl groups is 1. The van der Waals surface area contributed by atoms with E-state index in [2.05, 4.69) is 34.0 Å². The van der Waals surface area contributed by atoms with Gasteiger partial charge in [0.2, 0.25) is 0 Å². The molecule has 2 nitrogen and oxygen atoms in total. The number of nitrogens with one attached hydrogen (secondary N) is 1. The van der Waals surface area contributed by atoms with Crippen LogP contribution in [-0.4, -0.2) is 10.6 Å². The van der Waals surface area contributed by atoms with Crippen molar-refractivity contribution in [2.45, 2.75) is 50.6 Å². The first-order valence-corrected chi connectivity index (χ1v) is 8.92. The van der Waals surface area contributed by atoms with Crippen LogP contribution in [0, 0.1) is 21.3 Å². The summed E-state index contributed by atoms with van der Waals surface area (Å²) in [7, 11) is 0. The summed E-state index contributed by atoms with van der Waals surface area (Å²) in [6.07, 6.45) is 8.69. The predicted octanol–water partition coefficient (Wildman–Crippen LogP) is 4.06. The van der Waals surface area contributed by atoms with E-state index in [0.29, 0.717) is 11.3 Å². The van der Waals surface area contributed by atoms with Crippen molar-refractivity contribution < 1.29 is 5.11 Å². The number of hydrogen-bond donors (Lipinski definition) is 2. The minimum atomic E-state index is 0.393. The molecule has 3 heteroatoms. The van der Waals surface area contributed by atoms with Gasteiger partial charge in [-0.15, -0.1) is 0 Å². The van der Waals surface area contributed by atoms with Crippen LogP contribution in [0.5, 0.6) is 5.75 Å². The van der Waals surface area contributed by atoms with Crippen molar-refractivity contribution in [3.63, 3.8) is 0 Å². The van der Waals surface area contributed by atoms with Gasteiger partial charge in [-0.25, -0.2) is 0 Å².